The van der Waals surface area contributed by atoms with Crippen LogP contribution >= 0.6 is 28.6 Å². The molecule has 0 unspecified atom stereocenters. The van der Waals surface area contributed by atoms with Crippen molar-refractivity contribution in [1.82, 2.24) is 0 Å². The summed E-state index contributed by atoms with van der Waals surface area (Å²) < 4.78 is 1.05. The van der Waals surface area contributed by atoms with Gasteiger partial charge in [-0.25, -0.2) is 0 Å². The number of hydrogen-bond donors (Lipinski definition) is 1. The van der Waals surface area contributed by atoms with Crippen LogP contribution in [0.1, 0.15) is 0 Å². The summed E-state index contributed by atoms with van der Waals surface area (Å²) in [6, 6.07) is 16.3. The van der Waals surface area contributed by atoms with E-state index in [0.717, 1.165) is 9.37 Å². The van der Waals surface area contributed by atoms with E-state index in [2.05, 4.69) is 46.8 Å². The number of rotatable bonds is 1. The van der Waals surface area contributed by atoms with E-state index in [1.807, 2.05) is 30.3 Å². The maximum Gasteiger partial charge on any atom is 0.0387 e. The molecule has 0 nitrogen and oxygen atoms in total. The molecular weight excluding hydrogens is 256 g/mol. The molecular formula is C12H9BrS. The fourth-order valence-corrected chi connectivity index (χ4v) is 2.06. The van der Waals surface area contributed by atoms with Crippen molar-refractivity contribution in [2.75, 3.05) is 0 Å². The molecule has 0 saturated heterocycles. The quantitative estimate of drug-likeness (QED) is 0.726. The van der Waals surface area contributed by atoms with E-state index in [4.69, 9.17) is 0 Å². The predicted octanol–water partition coefficient (Wildman–Crippen LogP) is 4.40. The van der Waals surface area contributed by atoms with Crippen molar-refractivity contribution in [2.24, 2.45) is 0 Å². The Morgan fingerprint density at radius 3 is 2.29 bits per heavy atom. The number of halogens is 1. The SMILES string of the molecule is Sc1cccc(-c2ccccc2)c1Br. The molecule has 0 heterocycles. The predicted molar refractivity (Wildman–Crippen MR) is 66.8 cm³/mol. The lowest BCUT2D eigenvalue weighted by Crippen LogP contribution is -1.80. The third-order valence-electron chi connectivity index (χ3n) is 2.06. The van der Waals surface area contributed by atoms with Crippen molar-refractivity contribution >= 4 is 28.6 Å². The standard InChI is InChI=1S/C12H9BrS/c13-12-10(7-4-8-11(12)14)9-5-2-1-3-6-9/h1-8,14H. The first-order chi connectivity index (χ1) is 6.79. The molecule has 0 atom stereocenters. The number of benzene rings is 2. The summed E-state index contributed by atoms with van der Waals surface area (Å²) in [5, 5.41) is 0. The zero-order valence-corrected chi connectivity index (χ0v) is 9.92. The van der Waals surface area contributed by atoms with E-state index in [0.29, 0.717) is 0 Å². The van der Waals surface area contributed by atoms with Gasteiger partial charge in [0.05, 0.1) is 0 Å². The average Bonchev–Trinajstić information content (AvgIpc) is 2.23. The van der Waals surface area contributed by atoms with Crippen molar-refractivity contribution in [3.8, 4) is 11.1 Å². The number of thiol groups is 1. The molecule has 2 rings (SSSR count). The highest BCUT2D eigenvalue weighted by atomic mass is 79.9. The molecule has 2 aromatic carbocycles. The summed E-state index contributed by atoms with van der Waals surface area (Å²) in [6.07, 6.45) is 0. The highest BCUT2D eigenvalue weighted by Crippen LogP contribution is 2.32. The second kappa shape index (κ2) is 4.20. The van der Waals surface area contributed by atoms with E-state index in [9.17, 15) is 0 Å². The Morgan fingerprint density at radius 1 is 0.857 bits per heavy atom. The van der Waals surface area contributed by atoms with E-state index < -0.39 is 0 Å². The molecule has 0 fully saturated rings. The van der Waals surface area contributed by atoms with Gasteiger partial charge in [-0.1, -0.05) is 42.5 Å². The van der Waals surface area contributed by atoms with Crippen molar-refractivity contribution in [3.05, 3.63) is 53.0 Å². The Bertz CT molecular complexity index is 437. The van der Waals surface area contributed by atoms with Crippen LogP contribution in [0.5, 0.6) is 0 Å². The smallest absolute Gasteiger partial charge is 0.0387 e. The van der Waals surface area contributed by atoms with Gasteiger partial charge in [-0.05, 0) is 33.1 Å². The first kappa shape index (κ1) is 9.81. The van der Waals surface area contributed by atoms with Gasteiger partial charge >= 0.3 is 0 Å². The van der Waals surface area contributed by atoms with Gasteiger partial charge in [0.2, 0.25) is 0 Å². The molecule has 0 aliphatic rings. The Hall–Kier alpha value is -0.730. The zero-order valence-electron chi connectivity index (χ0n) is 7.44. The monoisotopic (exact) mass is 264 g/mol. The number of hydrogen-bond acceptors (Lipinski definition) is 1. The summed E-state index contributed by atoms with van der Waals surface area (Å²) >= 11 is 7.91. The molecule has 0 amide bonds. The van der Waals surface area contributed by atoms with Gasteiger partial charge in [-0.15, -0.1) is 12.6 Å². The molecule has 2 heteroatoms. The fraction of sp³-hybridized carbons (Fsp3) is 0. The molecule has 0 spiro atoms. The summed E-state index contributed by atoms with van der Waals surface area (Å²) in [7, 11) is 0. The average molecular weight is 265 g/mol. The van der Waals surface area contributed by atoms with Crippen LogP contribution in [0.3, 0.4) is 0 Å². The highest BCUT2D eigenvalue weighted by molar-refractivity contribution is 9.10. The molecule has 70 valence electrons. The van der Waals surface area contributed by atoms with Crippen LogP contribution in [-0.2, 0) is 0 Å². The molecule has 14 heavy (non-hydrogen) atoms. The maximum absolute atomic E-state index is 4.37. The molecule has 0 aliphatic carbocycles. The van der Waals surface area contributed by atoms with E-state index in [1.54, 1.807) is 0 Å². The molecule has 0 bridgehead atoms. The molecule has 0 saturated carbocycles. The minimum absolute atomic E-state index is 0.964. The maximum atomic E-state index is 4.37. The van der Waals surface area contributed by atoms with Crippen LogP contribution in [0.2, 0.25) is 0 Å². The summed E-state index contributed by atoms with van der Waals surface area (Å²) in [5.41, 5.74) is 2.38. The Balaban J connectivity index is 2.58. The van der Waals surface area contributed by atoms with Crippen LogP contribution < -0.4 is 0 Å². The molecule has 2 aromatic rings. The van der Waals surface area contributed by atoms with Gasteiger partial charge in [-0.2, -0.15) is 0 Å². The first-order valence-electron chi connectivity index (χ1n) is 4.32. The van der Waals surface area contributed by atoms with Crippen molar-refractivity contribution in [2.45, 2.75) is 4.90 Å². The lowest BCUT2D eigenvalue weighted by Gasteiger charge is -2.05. The van der Waals surface area contributed by atoms with Gasteiger partial charge < -0.3 is 0 Å². The normalized spacial score (nSPS) is 10.1. The third-order valence-corrected chi connectivity index (χ3v) is 3.60. The Labute approximate surface area is 97.5 Å². The molecule has 0 aromatic heterocycles. The first-order valence-corrected chi connectivity index (χ1v) is 5.56. The van der Waals surface area contributed by atoms with Crippen molar-refractivity contribution < 1.29 is 0 Å². The Kier molecular flexibility index (Phi) is 2.94. The fourth-order valence-electron chi connectivity index (χ4n) is 1.36. The van der Waals surface area contributed by atoms with Gasteiger partial charge in [-0.3, -0.25) is 0 Å². The van der Waals surface area contributed by atoms with Crippen LogP contribution in [0.25, 0.3) is 11.1 Å². The van der Waals surface area contributed by atoms with E-state index in [-0.39, 0.29) is 0 Å². The lowest BCUT2D eigenvalue weighted by atomic mass is 10.1. The van der Waals surface area contributed by atoms with Crippen LogP contribution in [0.15, 0.2) is 57.9 Å². The van der Waals surface area contributed by atoms with E-state index >= 15 is 0 Å². The summed E-state index contributed by atoms with van der Waals surface area (Å²) in [5.74, 6) is 0. The second-order valence-corrected chi connectivity index (χ2v) is 4.28. The Morgan fingerprint density at radius 2 is 1.57 bits per heavy atom. The third kappa shape index (κ3) is 1.86. The van der Waals surface area contributed by atoms with Gasteiger partial charge in [0.25, 0.3) is 0 Å². The molecule has 0 aliphatic heterocycles. The van der Waals surface area contributed by atoms with Crippen molar-refractivity contribution in [1.29, 1.82) is 0 Å². The minimum atomic E-state index is 0.964. The topological polar surface area (TPSA) is 0 Å². The van der Waals surface area contributed by atoms with Crippen LogP contribution in [0.4, 0.5) is 0 Å². The van der Waals surface area contributed by atoms with Crippen molar-refractivity contribution in [3.63, 3.8) is 0 Å². The van der Waals surface area contributed by atoms with Gasteiger partial charge in [0, 0.05) is 9.37 Å². The van der Waals surface area contributed by atoms with Gasteiger partial charge in [0.1, 0.15) is 0 Å². The van der Waals surface area contributed by atoms with E-state index in [1.165, 1.54) is 11.1 Å². The summed E-state index contributed by atoms with van der Waals surface area (Å²) in [6.45, 7) is 0. The lowest BCUT2D eigenvalue weighted by molar-refractivity contribution is 1.41. The summed E-state index contributed by atoms with van der Waals surface area (Å²) in [4.78, 5) is 0.964. The highest BCUT2D eigenvalue weighted by Gasteiger charge is 2.03. The van der Waals surface area contributed by atoms with Crippen LogP contribution in [0, 0.1) is 0 Å². The van der Waals surface area contributed by atoms with Gasteiger partial charge in [0.15, 0.2) is 0 Å². The zero-order chi connectivity index (χ0) is 9.97. The molecule has 0 radical (unpaired) electrons. The largest absolute Gasteiger partial charge is 0.142 e. The van der Waals surface area contributed by atoms with Crippen LogP contribution in [-0.4, -0.2) is 0 Å². The second-order valence-electron chi connectivity index (χ2n) is 3.00. The minimum Gasteiger partial charge on any atom is -0.142 e. The molecule has 0 N–H and O–H groups in total.